The maximum atomic E-state index is 9.48. The highest BCUT2D eigenvalue weighted by Gasteiger charge is 1.66. The topological polar surface area (TPSA) is 17.1 Å². The van der Waals surface area contributed by atoms with Crippen molar-refractivity contribution in [1.29, 1.82) is 0 Å². The molecule has 0 bridgehead atoms. The van der Waals surface area contributed by atoms with Crippen LogP contribution in [0.2, 0.25) is 0 Å². The number of carbonyl (C=O) groups excluding carboxylic acids is 1. The Morgan fingerprint density at radius 3 is 3.20 bits per heavy atom. The molecule has 1 nitrogen and oxygen atoms in total. The van der Waals surface area contributed by atoms with Crippen molar-refractivity contribution in [3.63, 3.8) is 0 Å². The molecule has 0 N–H and O–H groups in total. The van der Waals surface area contributed by atoms with Gasteiger partial charge in [-0.15, -0.1) is 0 Å². The van der Waals surface area contributed by atoms with E-state index in [4.69, 9.17) is 1.37 Å². The predicted molar refractivity (Wildman–Crippen MR) is 21.0 cm³/mol. The van der Waals surface area contributed by atoms with Crippen LogP contribution in [-0.4, -0.2) is 6.29 Å². The van der Waals surface area contributed by atoms with Gasteiger partial charge < -0.3 is 4.79 Å². The third-order valence-corrected chi connectivity index (χ3v) is 0.322. The number of hydrogen-bond donors (Lipinski definition) is 0. The summed E-state index contributed by atoms with van der Waals surface area (Å²) in [6.07, 6.45) is 2.10. The first-order valence-corrected chi connectivity index (χ1v) is 1.64. The van der Waals surface area contributed by atoms with Crippen LogP contribution in [0.25, 0.3) is 0 Å². The summed E-state index contributed by atoms with van der Waals surface area (Å²) in [5.74, 6) is 0. The molecule has 0 heterocycles. The molecular weight excluding hydrogens is 64.0 g/mol. The van der Waals surface area contributed by atoms with Crippen LogP contribution in [0.3, 0.4) is 0 Å². The first-order valence-electron chi connectivity index (χ1n) is 2.35. The second-order valence-electron chi connectivity index (χ2n) is 0.809. The molecule has 0 unspecified atom stereocenters. The van der Waals surface area contributed by atoms with Crippen molar-refractivity contribution in [2.75, 3.05) is 0 Å². The van der Waals surface area contributed by atoms with Crippen molar-refractivity contribution >= 4 is 6.29 Å². The molecule has 0 aliphatic rings. The maximum absolute atomic E-state index is 9.48. The average molecular weight is 74.1 g/mol. The van der Waals surface area contributed by atoms with Gasteiger partial charge in [-0.3, -0.25) is 0 Å². The van der Waals surface area contributed by atoms with E-state index in [2.05, 4.69) is 0 Å². The molecule has 0 aliphatic heterocycles. The second kappa shape index (κ2) is 3.67. The van der Waals surface area contributed by atoms with Crippen molar-refractivity contribution in [1.82, 2.24) is 0 Å². The lowest BCUT2D eigenvalue weighted by Gasteiger charge is -1.68. The molecule has 0 saturated heterocycles. The minimum Gasteiger partial charge on any atom is -0.303 e. The van der Waals surface area contributed by atoms with Gasteiger partial charge in [0.05, 0.1) is 0 Å². The minimum absolute atomic E-state index is 0.374. The van der Waals surface area contributed by atoms with Crippen molar-refractivity contribution in [2.24, 2.45) is 0 Å². The molecule has 0 spiro atoms. The highest BCUT2D eigenvalue weighted by molar-refractivity contribution is 5.48. The Labute approximate surface area is 33.4 Å². The summed E-state index contributed by atoms with van der Waals surface area (Å²) in [6, 6.07) is 0. The third-order valence-electron chi connectivity index (χ3n) is 0.322. The molecule has 0 aromatic rings. The van der Waals surface area contributed by atoms with E-state index in [0.717, 1.165) is 6.29 Å². The van der Waals surface area contributed by atoms with Crippen LogP contribution in [0.5, 0.6) is 0 Å². The van der Waals surface area contributed by atoms with Crippen LogP contribution in [0, 0.1) is 0 Å². The van der Waals surface area contributed by atoms with Gasteiger partial charge >= 0.3 is 0 Å². The Kier molecular flexibility index (Phi) is 2.12. The highest BCUT2D eigenvalue weighted by atomic mass is 16.1. The number of hydrogen-bond acceptors (Lipinski definition) is 1. The Morgan fingerprint density at radius 1 is 2.20 bits per heavy atom. The first kappa shape index (κ1) is 2.88. The average Bonchev–Trinajstić information content (AvgIpc) is 1.61. The van der Waals surface area contributed by atoms with Gasteiger partial charge in [0, 0.05) is 7.79 Å². The number of carbonyl (C=O) groups is 1. The maximum Gasteiger partial charge on any atom is 0.119 e. The van der Waals surface area contributed by atoms with Crippen molar-refractivity contribution < 1.29 is 6.17 Å². The number of rotatable bonds is 2. The summed E-state index contributed by atoms with van der Waals surface area (Å²) in [5.41, 5.74) is 0. The lowest BCUT2D eigenvalue weighted by atomic mass is 10.4. The third kappa shape index (κ3) is 3.67. The molecule has 0 atom stereocenters. The monoisotopic (exact) mass is 74.1 g/mol. The summed E-state index contributed by atoms with van der Waals surface area (Å²) < 4.78 is 6.55. The van der Waals surface area contributed by atoms with E-state index in [1.807, 2.05) is 0 Å². The number of unbranched alkanes of at least 4 members (excludes halogenated alkanes) is 1. The molecule has 0 saturated carbocycles. The molecule has 0 aliphatic carbocycles. The van der Waals surface area contributed by atoms with Crippen LogP contribution in [0.15, 0.2) is 0 Å². The van der Waals surface area contributed by atoms with E-state index < -0.39 is 0 Å². The molecule has 0 rings (SSSR count). The largest absolute Gasteiger partial charge is 0.303 e. The molecule has 0 amide bonds. The van der Waals surface area contributed by atoms with E-state index >= 15 is 0 Å². The van der Waals surface area contributed by atoms with Crippen LogP contribution in [0.1, 0.15) is 21.1 Å². The van der Waals surface area contributed by atoms with Gasteiger partial charge in [0.1, 0.15) is 6.29 Å². The summed E-state index contributed by atoms with van der Waals surface area (Å²) in [6.45, 7) is 0.374. The highest BCUT2D eigenvalue weighted by Crippen LogP contribution is 1.74. The lowest BCUT2D eigenvalue weighted by molar-refractivity contribution is -0.107. The summed E-state index contributed by atoms with van der Waals surface area (Å²) in [7, 11) is 0. The standard InChI is InChI=1S/C4H8O/c1-2-3-4-5/h4H,2-3H2,1H3/i1T. The zero-order chi connectivity index (χ0) is 4.83. The lowest BCUT2D eigenvalue weighted by Crippen LogP contribution is -1.64. The quantitative estimate of drug-likeness (QED) is 0.352. The molecule has 0 aromatic heterocycles. The van der Waals surface area contributed by atoms with Gasteiger partial charge in [0.2, 0.25) is 0 Å². The van der Waals surface area contributed by atoms with Crippen LogP contribution in [-0.2, 0) is 4.79 Å². The second-order valence-corrected chi connectivity index (χ2v) is 0.809. The van der Waals surface area contributed by atoms with Gasteiger partial charge in [-0.2, -0.15) is 0 Å². The summed E-state index contributed by atoms with van der Waals surface area (Å²) in [5, 5.41) is 0. The smallest absolute Gasteiger partial charge is 0.119 e. The molecule has 1 heteroatoms. The summed E-state index contributed by atoms with van der Waals surface area (Å²) >= 11 is 0. The Balaban J connectivity index is 2.49. The fourth-order valence-corrected chi connectivity index (χ4v) is 0.0833. The van der Waals surface area contributed by atoms with E-state index in [0.29, 0.717) is 19.7 Å². The fraction of sp³-hybridized carbons (Fsp3) is 0.750. The van der Waals surface area contributed by atoms with Crippen molar-refractivity contribution in [3.8, 4) is 0 Å². The zero-order valence-electron chi connectivity index (χ0n) is 4.11. The zero-order valence-corrected chi connectivity index (χ0v) is 3.11. The van der Waals surface area contributed by atoms with E-state index in [1.165, 1.54) is 0 Å². The van der Waals surface area contributed by atoms with E-state index in [1.54, 1.807) is 0 Å². The fourth-order valence-electron chi connectivity index (χ4n) is 0.0833. The summed E-state index contributed by atoms with van der Waals surface area (Å²) in [4.78, 5) is 9.48. The van der Waals surface area contributed by atoms with E-state index in [-0.39, 0.29) is 0 Å². The predicted octanol–water partition coefficient (Wildman–Crippen LogP) is 0.985. The Morgan fingerprint density at radius 2 is 3.00 bits per heavy atom. The molecule has 0 radical (unpaired) electrons. The van der Waals surface area contributed by atoms with Gasteiger partial charge in [-0.05, 0) is 6.42 Å². The molecule has 30 valence electrons. The van der Waals surface area contributed by atoms with Gasteiger partial charge in [-0.25, -0.2) is 0 Å². The van der Waals surface area contributed by atoms with Crippen molar-refractivity contribution in [3.05, 3.63) is 0 Å². The van der Waals surface area contributed by atoms with Crippen LogP contribution in [0.4, 0.5) is 0 Å². The Bertz CT molecular complexity index is 36.5. The molecule has 0 aromatic carbocycles. The van der Waals surface area contributed by atoms with Gasteiger partial charge in [-0.1, -0.05) is 6.90 Å². The minimum atomic E-state index is 0.374. The van der Waals surface area contributed by atoms with Gasteiger partial charge in [0.15, 0.2) is 0 Å². The van der Waals surface area contributed by atoms with Crippen molar-refractivity contribution in [2.45, 2.75) is 19.7 Å². The Hall–Kier alpha value is -0.330. The van der Waals surface area contributed by atoms with Crippen LogP contribution >= 0.6 is 0 Å². The first-order chi connectivity index (χ1) is 2.91. The van der Waals surface area contributed by atoms with Crippen LogP contribution < -0.4 is 0 Å². The molecular formula is C4H8O. The normalized spacial score (nSPS) is 10.0. The van der Waals surface area contributed by atoms with Gasteiger partial charge in [0.25, 0.3) is 0 Å². The SMILES string of the molecule is [3H]CCCC=O. The molecule has 0 fully saturated rings. The molecule has 5 heavy (non-hydrogen) atoms. The van der Waals surface area contributed by atoms with E-state index in [9.17, 15) is 4.79 Å². The number of aldehydes is 1.